The van der Waals surface area contributed by atoms with Crippen molar-refractivity contribution in [1.29, 1.82) is 0 Å². The summed E-state index contributed by atoms with van der Waals surface area (Å²) >= 11 is 0. The van der Waals surface area contributed by atoms with E-state index in [0.29, 0.717) is 50.8 Å². The maximum absolute atomic E-state index is 11.3. The van der Waals surface area contributed by atoms with Crippen molar-refractivity contribution < 1.29 is 38.7 Å². The molecule has 0 radical (unpaired) electrons. The molecule has 0 amide bonds. The maximum Gasteiger partial charge on any atom is 0.333 e. The first kappa shape index (κ1) is 37.2. The van der Waals surface area contributed by atoms with Gasteiger partial charge in [0.15, 0.2) is 12.2 Å². The highest BCUT2D eigenvalue weighted by Gasteiger charge is 2.18. The van der Waals surface area contributed by atoms with E-state index in [0.717, 1.165) is 33.4 Å². The van der Waals surface area contributed by atoms with Crippen LogP contribution in [0.3, 0.4) is 0 Å². The molecule has 2 atom stereocenters. The van der Waals surface area contributed by atoms with Gasteiger partial charge in [0, 0.05) is 37.2 Å². The first-order chi connectivity index (χ1) is 23.2. The van der Waals surface area contributed by atoms with Crippen molar-refractivity contribution in [3.05, 3.63) is 118 Å². The van der Waals surface area contributed by atoms with Crippen molar-refractivity contribution in [2.45, 2.75) is 52.7 Å². The Hall–Kier alpha value is -5.28. The molecule has 3 rings (SSSR count). The molecule has 8 heteroatoms. The SMILES string of the molecule is CCO[C@H](Cc1ccc(OC/C=C(\C)C#Cc2ccc(C#C/C(C)=C/COc3ccc(C[C@@H](OCC)C(=O)O)cc3)cc2)cc1)C(=O)O. The molecule has 3 aromatic carbocycles. The first-order valence-electron chi connectivity index (χ1n) is 15.8. The lowest BCUT2D eigenvalue weighted by Crippen LogP contribution is -2.26. The summed E-state index contributed by atoms with van der Waals surface area (Å²) in [5.74, 6) is 12.0. The van der Waals surface area contributed by atoms with Crippen LogP contribution in [0.25, 0.3) is 0 Å². The Labute approximate surface area is 283 Å². The van der Waals surface area contributed by atoms with Gasteiger partial charge in [0.1, 0.15) is 24.7 Å². The second-order valence-electron chi connectivity index (χ2n) is 10.7. The molecule has 0 saturated carbocycles. The number of carboxylic acid groups (broad SMARTS) is 2. The molecule has 0 heterocycles. The third-order valence-corrected chi connectivity index (χ3v) is 6.95. The largest absolute Gasteiger partial charge is 0.490 e. The molecule has 3 aromatic rings. The molecule has 0 saturated heterocycles. The van der Waals surface area contributed by atoms with E-state index in [2.05, 4.69) is 23.7 Å². The van der Waals surface area contributed by atoms with Crippen LogP contribution in [0.5, 0.6) is 11.5 Å². The van der Waals surface area contributed by atoms with Crippen LogP contribution < -0.4 is 9.47 Å². The van der Waals surface area contributed by atoms with E-state index in [9.17, 15) is 19.8 Å². The summed E-state index contributed by atoms with van der Waals surface area (Å²) in [6.45, 7) is 8.81. The van der Waals surface area contributed by atoms with Crippen LogP contribution in [0, 0.1) is 23.7 Å². The van der Waals surface area contributed by atoms with Crippen LogP contribution in [0.1, 0.15) is 49.9 Å². The van der Waals surface area contributed by atoms with Crippen molar-refractivity contribution in [3.63, 3.8) is 0 Å². The molecular formula is C40H42O8. The monoisotopic (exact) mass is 650 g/mol. The van der Waals surface area contributed by atoms with Gasteiger partial charge in [-0.15, -0.1) is 0 Å². The summed E-state index contributed by atoms with van der Waals surface area (Å²) in [7, 11) is 0. The van der Waals surface area contributed by atoms with Crippen molar-refractivity contribution in [2.24, 2.45) is 0 Å². The van der Waals surface area contributed by atoms with E-state index in [1.54, 1.807) is 13.8 Å². The first-order valence-corrected chi connectivity index (χ1v) is 15.8. The number of hydrogen-bond donors (Lipinski definition) is 2. The van der Waals surface area contributed by atoms with Gasteiger partial charge in [-0.1, -0.05) is 47.9 Å². The summed E-state index contributed by atoms with van der Waals surface area (Å²) in [6, 6.07) is 22.4. The molecule has 0 aliphatic rings. The van der Waals surface area contributed by atoms with Gasteiger partial charge in [0.2, 0.25) is 0 Å². The zero-order valence-corrected chi connectivity index (χ0v) is 27.8. The fraction of sp³-hybridized carbons (Fsp3) is 0.300. The van der Waals surface area contributed by atoms with Gasteiger partial charge in [-0.05, 0) is 111 Å². The molecule has 0 fully saturated rings. The summed E-state index contributed by atoms with van der Waals surface area (Å²) in [6.07, 6.45) is 2.69. The fourth-order valence-electron chi connectivity index (χ4n) is 4.32. The predicted molar refractivity (Wildman–Crippen MR) is 185 cm³/mol. The van der Waals surface area contributed by atoms with Crippen LogP contribution in [0.4, 0.5) is 0 Å². The normalized spacial score (nSPS) is 12.5. The van der Waals surface area contributed by atoms with Gasteiger partial charge in [0.05, 0.1) is 0 Å². The number of hydrogen-bond acceptors (Lipinski definition) is 6. The predicted octanol–water partition coefficient (Wildman–Crippen LogP) is 6.50. The van der Waals surface area contributed by atoms with E-state index < -0.39 is 24.1 Å². The Morgan fingerprint density at radius 2 is 0.979 bits per heavy atom. The van der Waals surface area contributed by atoms with E-state index >= 15 is 0 Å². The Kier molecular flexibility index (Phi) is 15.5. The topological polar surface area (TPSA) is 112 Å². The van der Waals surface area contributed by atoms with Gasteiger partial charge in [0.25, 0.3) is 0 Å². The van der Waals surface area contributed by atoms with Gasteiger partial charge in [-0.3, -0.25) is 0 Å². The van der Waals surface area contributed by atoms with Crippen LogP contribution in [-0.2, 0) is 31.9 Å². The van der Waals surface area contributed by atoms with Gasteiger partial charge < -0.3 is 29.2 Å². The average Bonchev–Trinajstić information content (AvgIpc) is 3.08. The minimum Gasteiger partial charge on any atom is -0.490 e. The summed E-state index contributed by atoms with van der Waals surface area (Å²) in [4.78, 5) is 22.6. The summed E-state index contributed by atoms with van der Waals surface area (Å²) in [5.41, 5.74) is 5.23. The lowest BCUT2D eigenvalue weighted by atomic mass is 10.1. The fourth-order valence-corrected chi connectivity index (χ4v) is 4.32. The highest BCUT2D eigenvalue weighted by atomic mass is 16.5. The molecule has 0 aliphatic carbocycles. The zero-order valence-electron chi connectivity index (χ0n) is 27.8. The molecular weight excluding hydrogens is 608 g/mol. The number of ether oxygens (including phenoxy) is 4. The highest BCUT2D eigenvalue weighted by molar-refractivity contribution is 5.73. The van der Waals surface area contributed by atoms with Crippen LogP contribution in [0.15, 0.2) is 96.1 Å². The van der Waals surface area contributed by atoms with Gasteiger partial charge in [-0.2, -0.15) is 0 Å². The molecule has 2 N–H and O–H groups in total. The Bertz CT molecular complexity index is 1540. The maximum atomic E-state index is 11.3. The second-order valence-corrected chi connectivity index (χ2v) is 10.7. The van der Waals surface area contributed by atoms with Crippen molar-refractivity contribution in [2.75, 3.05) is 26.4 Å². The van der Waals surface area contributed by atoms with E-state index in [4.69, 9.17) is 18.9 Å². The van der Waals surface area contributed by atoms with Gasteiger partial charge >= 0.3 is 11.9 Å². The second kappa shape index (κ2) is 20.1. The smallest absolute Gasteiger partial charge is 0.333 e. The zero-order chi connectivity index (χ0) is 34.7. The number of allylic oxidation sites excluding steroid dienone is 2. The molecule has 0 spiro atoms. The molecule has 0 aromatic heterocycles. The summed E-state index contributed by atoms with van der Waals surface area (Å²) in [5, 5.41) is 18.5. The Morgan fingerprint density at radius 1 is 0.625 bits per heavy atom. The lowest BCUT2D eigenvalue weighted by molar-refractivity contribution is -0.150. The average molecular weight is 651 g/mol. The van der Waals surface area contributed by atoms with Crippen LogP contribution in [-0.4, -0.2) is 60.8 Å². The van der Waals surface area contributed by atoms with Crippen molar-refractivity contribution in [1.82, 2.24) is 0 Å². The Balaban J connectivity index is 1.43. The molecule has 48 heavy (non-hydrogen) atoms. The third-order valence-electron chi connectivity index (χ3n) is 6.95. The van der Waals surface area contributed by atoms with Crippen LogP contribution in [0.2, 0.25) is 0 Å². The van der Waals surface area contributed by atoms with Crippen LogP contribution >= 0.6 is 0 Å². The molecule has 0 aliphatic heterocycles. The van der Waals surface area contributed by atoms with E-state index in [1.165, 1.54) is 0 Å². The van der Waals surface area contributed by atoms with Gasteiger partial charge in [-0.25, -0.2) is 9.59 Å². The molecule has 0 bridgehead atoms. The molecule has 8 nitrogen and oxygen atoms in total. The molecule has 0 unspecified atom stereocenters. The summed E-state index contributed by atoms with van der Waals surface area (Å²) < 4.78 is 22.1. The minimum absolute atomic E-state index is 0.298. The quantitative estimate of drug-likeness (QED) is 0.169. The number of rotatable bonds is 16. The standard InChI is InChI=1S/C40H42O8/c1-5-45-37(39(41)42)27-33-15-19-35(20-16-33)47-25-23-29(3)7-9-31-11-13-32(14-12-31)10-8-30(4)24-26-48-36-21-17-34(18-22-36)28-38(40(43)44)46-6-2/h11-24,37-38H,5-6,25-28H2,1-4H3,(H,41,42)(H,43,44)/b29-23+,30-24+/t37-,38-/m1/s1. The number of carboxylic acids is 2. The number of benzene rings is 3. The third kappa shape index (κ3) is 13.6. The van der Waals surface area contributed by atoms with Crippen molar-refractivity contribution >= 4 is 11.9 Å². The highest BCUT2D eigenvalue weighted by Crippen LogP contribution is 2.16. The lowest BCUT2D eigenvalue weighted by Gasteiger charge is -2.12. The molecule has 250 valence electrons. The number of carbonyl (C=O) groups is 2. The minimum atomic E-state index is -0.972. The van der Waals surface area contributed by atoms with E-state index in [1.807, 2.05) is 98.8 Å². The number of aliphatic carboxylic acids is 2. The van der Waals surface area contributed by atoms with E-state index in [-0.39, 0.29) is 0 Å². The van der Waals surface area contributed by atoms with Crippen molar-refractivity contribution in [3.8, 4) is 35.2 Å². The Morgan fingerprint density at radius 3 is 1.29 bits per heavy atom.